The van der Waals surface area contributed by atoms with Crippen LogP contribution in [0.15, 0.2) is 18.2 Å². The average Bonchev–Trinajstić information content (AvgIpc) is 2.59. The molecule has 1 saturated heterocycles. The fraction of sp³-hybridized carbons (Fsp3) is 0.455. The van der Waals surface area contributed by atoms with E-state index < -0.39 is 12.2 Å². The SMILES string of the molecule is COc1cccc(N2CC(O)C(O)C2)c1N. The maximum atomic E-state index is 9.48. The molecule has 2 atom stereocenters. The number of nitrogens with two attached hydrogens (primary N) is 1. The Kier molecular flexibility index (Phi) is 2.89. The third-order valence-electron chi connectivity index (χ3n) is 2.86. The summed E-state index contributed by atoms with van der Waals surface area (Å²) in [7, 11) is 1.56. The molecule has 0 bridgehead atoms. The summed E-state index contributed by atoms with van der Waals surface area (Å²) in [5, 5.41) is 19.0. The molecule has 0 spiro atoms. The molecular weight excluding hydrogens is 208 g/mol. The van der Waals surface area contributed by atoms with Crippen molar-refractivity contribution >= 4 is 11.4 Å². The highest BCUT2D eigenvalue weighted by molar-refractivity contribution is 5.74. The zero-order chi connectivity index (χ0) is 11.7. The second kappa shape index (κ2) is 4.19. The van der Waals surface area contributed by atoms with Crippen LogP contribution in [0.25, 0.3) is 0 Å². The van der Waals surface area contributed by atoms with Crippen molar-refractivity contribution < 1.29 is 14.9 Å². The van der Waals surface area contributed by atoms with Crippen LogP contribution in [0.1, 0.15) is 0 Å². The van der Waals surface area contributed by atoms with Crippen LogP contribution < -0.4 is 15.4 Å². The molecule has 1 fully saturated rings. The van der Waals surface area contributed by atoms with Crippen LogP contribution in [0.3, 0.4) is 0 Å². The number of hydrogen-bond donors (Lipinski definition) is 3. The molecule has 2 rings (SSSR count). The van der Waals surface area contributed by atoms with Gasteiger partial charge in [0.1, 0.15) is 5.75 Å². The minimum absolute atomic E-state index is 0.387. The lowest BCUT2D eigenvalue weighted by Gasteiger charge is -2.20. The van der Waals surface area contributed by atoms with E-state index in [0.717, 1.165) is 5.69 Å². The van der Waals surface area contributed by atoms with Crippen molar-refractivity contribution in [2.75, 3.05) is 30.8 Å². The van der Waals surface area contributed by atoms with E-state index in [4.69, 9.17) is 10.5 Å². The zero-order valence-corrected chi connectivity index (χ0v) is 9.13. The first-order valence-corrected chi connectivity index (χ1v) is 5.17. The third kappa shape index (κ3) is 1.79. The number of rotatable bonds is 2. The van der Waals surface area contributed by atoms with Crippen molar-refractivity contribution in [1.82, 2.24) is 0 Å². The lowest BCUT2D eigenvalue weighted by molar-refractivity contribution is 0.0572. The molecule has 1 aliphatic rings. The van der Waals surface area contributed by atoms with E-state index in [1.807, 2.05) is 17.0 Å². The van der Waals surface area contributed by atoms with Crippen LogP contribution >= 0.6 is 0 Å². The van der Waals surface area contributed by atoms with E-state index in [-0.39, 0.29) is 0 Å². The molecule has 1 aromatic rings. The molecule has 0 amide bonds. The van der Waals surface area contributed by atoms with Gasteiger partial charge in [0.15, 0.2) is 0 Å². The number of benzene rings is 1. The third-order valence-corrected chi connectivity index (χ3v) is 2.86. The molecule has 1 heterocycles. The van der Waals surface area contributed by atoms with Gasteiger partial charge in [0, 0.05) is 13.1 Å². The number of nitrogens with zero attached hydrogens (tertiary/aromatic N) is 1. The molecule has 88 valence electrons. The van der Waals surface area contributed by atoms with Gasteiger partial charge in [-0.2, -0.15) is 0 Å². The average molecular weight is 224 g/mol. The van der Waals surface area contributed by atoms with Crippen molar-refractivity contribution in [3.8, 4) is 5.75 Å². The number of methoxy groups -OCH3 is 1. The molecule has 4 N–H and O–H groups in total. The Morgan fingerprint density at radius 1 is 1.31 bits per heavy atom. The van der Waals surface area contributed by atoms with Crippen LogP contribution in [0.5, 0.6) is 5.75 Å². The Bertz CT molecular complexity index is 373. The molecule has 5 heteroatoms. The number of anilines is 2. The van der Waals surface area contributed by atoms with E-state index >= 15 is 0 Å². The summed E-state index contributed by atoms with van der Waals surface area (Å²) in [5.74, 6) is 0.605. The van der Waals surface area contributed by atoms with E-state index in [2.05, 4.69) is 0 Å². The predicted molar refractivity (Wildman–Crippen MR) is 61.6 cm³/mol. The van der Waals surface area contributed by atoms with Crippen molar-refractivity contribution in [3.05, 3.63) is 18.2 Å². The van der Waals surface area contributed by atoms with E-state index in [1.54, 1.807) is 13.2 Å². The number of aliphatic hydroxyl groups excluding tert-OH is 2. The monoisotopic (exact) mass is 224 g/mol. The molecule has 0 radical (unpaired) electrons. The van der Waals surface area contributed by atoms with Gasteiger partial charge in [0.05, 0.1) is 30.7 Å². The fourth-order valence-corrected chi connectivity index (χ4v) is 1.95. The minimum atomic E-state index is -0.717. The van der Waals surface area contributed by atoms with Crippen LogP contribution in [0, 0.1) is 0 Å². The van der Waals surface area contributed by atoms with Gasteiger partial charge in [0.25, 0.3) is 0 Å². The quantitative estimate of drug-likeness (QED) is 0.607. The number of β-amino-alcohol motifs (C(OH)–C–C–N with tert-alkyl or cyclic N) is 2. The summed E-state index contributed by atoms with van der Waals surface area (Å²) >= 11 is 0. The maximum absolute atomic E-state index is 9.48. The van der Waals surface area contributed by atoms with Gasteiger partial charge in [-0.1, -0.05) is 6.07 Å². The molecule has 0 aliphatic carbocycles. The first-order valence-electron chi connectivity index (χ1n) is 5.17. The van der Waals surface area contributed by atoms with Crippen LogP contribution in [-0.4, -0.2) is 42.6 Å². The summed E-state index contributed by atoms with van der Waals surface area (Å²) in [6.45, 7) is 0.775. The number of aliphatic hydroxyl groups is 2. The van der Waals surface area contributed by atoms with Crippen molar-refractivity contribution in [2.45, 2.75) is 12.2 Å². The normalized spacial score (nSPS) is 24.8. The van der Waals surface area contributed by atoms with Gasteiger partial charge in [-0.05, 0) is 12.1 Å². The Morgan fingerprint density at radius 2 is 1.94 bits per heavy atom. The lowest BCUT2D eigenvalue weighted by Crippen LogP contribution is -2.22. The Morgan fingerprint density at radius 3 is 2.50 bits per heavy atom. The second-order valence-electron chi connectivity index (χ2n) is 3.93. The molecule has 5 nitrogen and oxygen atoms in total. The molecule has 16 heavy (non-hydrogen) atoms. The van der Waals surface area contributed by atoms with Crippen molar-refractivity contribution in [3.63, 3.8) is 0 Å². The molecule has 1 aromatic carbocycles. The van der Waals surface area contributed by atoms with E-state index in [1.165, 1.54) is 0 Å². The number of ether oxygens (including phenoxy) is 1. The molecule has 0 aromatic heterocycles. The first kappa shape index (κ1) is 11.0. The van der Waals surface area contributed by atoms with Crippen LogP contribution in [0.2, 0.25) is 0 Å². The van der Waals surface area contributed by atoms with Crippen molar-refractivity contribution in [2.24, 2.45) is 0 Å². The Balaban J connectivity index is 2.28. The van der Waals surface area contributed by atoms with Gasteiger partial charge < -0.3 is 25.6 Å². The van der Waals surface area contributed by atoms with E-state index in [9.17, 15) is 10.2 Å². The summed E-state index contributed by atoms with van der Waals surface area (Å²) in [6, 6.07) is 5.46. The van der Waals surface area contributed by atoms with Crippen LogP contribution in [-0.2, 0) is 0 Å². The summed E-state index contributed by atoms with van der Waals surface area (Å²) in [4.78, 5) is 1.85. The molecule has 1 aliphatic heterocycles. The summed E-state index contributed by atoms with van der Waals surface area (Å²) in [6.07, 6.45) is -1.43. The zero-order valence-electron chi connectivity index (χ0n) is 9.13. The van der Waals surface area contributed by atoms with Crippen molar-refractivity contribution in [1.29, 1.82) is 0 Å². The van der Waals surface area contributed by atoms with Crippen LogP contribution in [0.4, 0.5) is 11.4 Å². The topological polar surface area (TPSA) is 79.0 Å². The molecule has 0 saturated carbocycles. The highest BCUT2D eigenvalue weighted by Crippen LogP contribution is 2.33. The smallest absolute Gasteiger partial charge is 0.143 e. The number of hydrogen-bond acceptors (Lipinski definition) is 5. The second-order valence-corrected chi connectivity index (χ2v) is 3.93. The van der Waals surface area contributed by atoms with Gasteiger partial charge in [-0.25, -0.2) is 0 Å². The Labute approximate surface area is 94.1 Å². The highest BCUT2D eigenvalue weighted by atomic mass is 16.5. The highest BCUT2D eigenvalue weighted by Gasteiger charge is 2.30. The Hall–Kier alpha value is -1.46. The largest absolute Gasteiger partial charge is 0.495 e. The number of para-hydroxylation sites is 1. The minimum Gasteiger partial charge on any atom is -0.495 e. The standard InChI is InChI=1S/C11H16N2O3/c1-16-10-4-2-3-7(11(10)12)13-5-8(14)9(15)6-13/h2-4,8-9,14-15H,5-6,12H2,1H3. The molecular formula is C11H16N2O3. The maximum Gasteiger partial charge on any atom is 0.143 e. The van der Waals surface area contributed by atoms with E-state index in [0.29, 0.717) is 24.5 Å². The first-order chi connectivity index (χ1) is 7.63. The number of nitrogen functional groups attached to an aromatic ring is 1. The van der Waals surface area contributed by atoms with Gasteiger partial charge >= 0.3 is 0 Å². The fourth-order valence-electron chi connectivity index (χ4n) is 1.95. The summed E-state index contributed by atoms with van der Waals surface area (Å²) in [5.41, 5.74) is 7.26. The van der Waals surface area contributed by atoms with Gasteiger partial charge in [-0.15, -0.1) is 0 Å². The predicted octanol–water partition coefficient (Wildman–Crippen LogP) is -0.181. The molecule has 2 unspecified atom stereocenters. The van der Waals surface area contributed by atoms with Gasteiger partial charge in [-0.3, -0.25) is 0 Å². The summed E-state index contributed by atoms with van der Waals surface area (Å²) < 4.78 is 5.12. The lowest BCUT2D eigenvalue weighted by atomic mass is 10.2. The van der Waals surface area contributed by atoms with Gasteiger partial charge in [0.2, 0.25) is 0 Å².